The van der Waals surface area contributed by atoms with Crippen molar-refractivity contribution in [1.29, 1.82) is 0 Å². The number of fused-ring (bicyclic) bond motifs is 2. The third kappa shape index (κ3) is 2.67. The molecule has 2 aromatic carbocycles. The molecule has 1 atom stereocenters. The van der Waals surface area contributed by atoms with Crippen molar-refractivity contribution in [1.82, 2.24) is 4.98 Å². The highest BCUT2D eigenvalue weighted by molar-refractivity contribution is 6.05. The number of amides is 1. The lowest BCUT2D eigenvalue weighted by molar-refractivity contribution is -0.122. The first kappa shape index (κ1) is 15.4. The summed E-state index contributed by atoms with van der Waals surface area (Å²) in [6.07, 6.45) is 2.43. The van der Waals surface area contributed by atoms with Crippen LogP contribution >= 0.6 is 0 Å². The fraction of sp³-hybridized carbons (Fsp3) is 0.200. The van der Waals surface area contributed by atoms with E-state index >= 15 is 0 Å². The van der Waals surface area contributed by atoms with Crippen LogP contribution in [0.4, 0.5) is 5.69 Å². The molecule has 5 nitrogen and oxygen atoms in total. The molecule has 126 valence electrons. The number of anilines is 1. The van der Waals surface area contributed by atoms with E-state index in [0.29, 0.717) is 5.56 Å². The van der Waals surface area contributed by atoms with Crippen LogP contribution in [-0.2, 0) is 16.0 Å². The van der Waals surface area contributed by atoms with Crippen molar-refractivity contribution < 1.29 is 14.3 Å². The van der Waals surface area contributed by atoms with Gasteiger partial charge in [0, 0.05) is 28.8 Å². The number of aromatic nitrogens is 1. The van der Waals surface area contributed by atoms with E-state index in [9.17, 15) is 9.59 Å². The molecule has 0 aliphatic carbocycles. The van der Waals surface area contributed by atoms with E-state index in [-0.39, 0.29) is 18.6 Å². The number of H-pyrrole nitrogens is 1. The lowest BCUT2D eigenvalue weighted by Gasteiger charge is -2.22. The summed E-state index contributed by atoms with van der Waals surface area (Å²) in [4.78, 5) is 29.7. The Balaban J connectivity index is 1.48. The highest BCUT2D eigenvalue weighted by Gasteiger charge is 2.31. The summed E-state index contributed by atoms with van der Waals surface area (Å²) in [5, 5.41) is 0.792. The number of carbonyl (C=O) groups excluding carboxylic acids is 2. The van der Waals surface area contributed by atoms with Gasteiger partial charge < -0.3 is 14.6 Å². The third-order valence-corrected chi connectivity index (χ3v) is 4.61. The Kier molecular flexibility index (Phi) is 3.76. The van der Waals surface area contributed by atoms with E-state index in [1.54, 1.807) is 11.1 Å². The average Bonchev–Trinajstić information content (AvgIpc) is 3.19. The second kappa shape index (κ2) is 6.09. The molecular weight excluding hydrogens is 316 g/mol. The Morgan fingerprint density at radius 3 is 2.80 bits per heavy atom. The molecule has 2 heterocycles. The third-order valence-electron chi connectivity index (χ3n) is 4.61. The van der Waals surface area contributed by atoms with Gasteiger partial charge in [-0.15, -0.1) is 0 Å². The molecule has 0 unspecified atom stereocenters. The molecule has 1 aromatic heterocycles. The topological polar surface area (TPSA) is 62.4 Å². The molecule has 1 aliphatic rings. The molecule has 0 saturated heterocycles. The molecule has 5 heteroatoms. The fourth-order valence-corrected chi connectivity index (χ4v) is 3.46. The summed E-state index contributed by atoms with van der Waals surface area (Å²) in [5.41, 5.74) is 3.36. The van der Waals surface area contributed by atoms with Gasteiger partial charge in [-0.3, -0.25) is 4.79 Å². The predicted octanol–water partition coefficient (Wildman–Crippen LogP) is 3.30. The number of benzene rings is 2. The minimum atomic E-state index is -0.495. The van der Waals surface area contributed by atoms with E-state index in [2.05, 4.69) is 4.98 Å². The first-order chi connectivity index (χ1) is 12.1. The van der Waals surface area contributed by atoms with Gasteiger partial charge in [0.15, 0.2) is 6.61 Å². The zero-order chi connectivity index (χ0) is 17.4. The van der Waals surface area contributed by atoms with Crippen molar-refractivity contribution in [3.63, 3.8) is 0 Å². The number of hydrogen-bond acceptors (Lipinski definition) is 3. The molecule has 3 aromatic rings. The smallest absolute Gasteiger partial charge is 0.340 e. The quantitative estimate of drug-likeness (QED) is 0.748. The van der Waals surface area contributed by atoms with Crippen LogP contribution in [0.25, 0.3) is 10.9 Å². The molecule has 0 saturated carbocycles. The average molecular weight is 334 g/mol. The number of para-hydroxylation sites is 2. The van der Waals surface area contributed by atoms with Crippen LogP contribution in [0.15, 0.2) is 54.7 Å². The van der Waals surface area contributed by atoms with Gasteiger partial charge in [-0.2, -0.15) is 0 Å². The summed E-state index contributed by atoms with van der Waals surface area (Å²) in [5.74, 6) is -0.698. The molecular formula is C20H18N2O3. The normalized spacial score (nSPS) is 16.0. The number of carbonyl (C=O) groups is 2. The van der Waals surface area contributed by atoms with Crippen molar-refractivity contribution in [2.24, 2.45) is 0 Å². The molecule has 0 fully saturated rings. The van der Waals surface area contributed by atoms with Gasteiger partial charge in [0.1, 0.15) is 0 Å². The highest BCUT2D eigenvalue weighted by atomic mass is 16.5. The number of esters is 1. The first-order valence-corrected chi connectivity index (χ1v) is 8.28. The Hall–Kier alpha value is -3.08. The zero-order valence-corrected chi connectivity index (χ0v) is 13.9. The lowest BCUT2D eigenvalue weighted by atomic mass is 10.1. The minimum Gasteiger partial charge on any atom is -0.452 e. The summed E-state index contributed by atoms with van der Waals surface area (Å²) in [6.45, 7) is 1.73. The van der Waals surface area contributed by atoms with Crippen molar-refractivity contribution in [3.05, 3.63) is 65.9 Å². The Morgan fingerprint density at radius 1 is 1.16 bits per heavy atom. The SMILES string of the molecule is C[C@@H]1Cc2ccccc2N1C(=O)COC(=O)c1c[nH]c2ccccc12. The summed E-state index contributed by atoms with van der Waals surface area (Å²) in [6, 6.07) is 15.4. The van der Waals surface area contributed by atoms with Gasteiger partial charge >= 0.3 is 5.97 Å². The van der Waals surface area contributed by atoms with Crippen molar-refractivity contribution in [2.75, 3.05) is 11.5 Å². The molecule has 1 aliphatic heterocycles. The Morgan fingerprint density at radius 2 is 1.92 bits per heavy atom. The van der Waals surface area contributed by atoms with Crippen molar-refractivity contribution in [3.8, 4) is 0 Å². The van der Waals surface area contributed by atoms with Crippen molar-refractivity contribution >= 4 is 28.5 Å². The van der Waals surface area contributed by atoms with Crippen LogP contribution in [0.2, 0.25) is 0 Å². The maximum absolute atomic E-state index is 12.6. The van der Waals surface area contributed by atoms with Crippen LogP contribution in [0.5, 0.6) is 0 Å². The Bertz CT molecular complexity index is 960. The van der Waals surface area contributed by atoms with Crippen LogP contribution in [0.1, 0.15) is 22.8 Å². The minimum absolute atomic E-state index is 0.0664. The predicted molar refractivity (Wildman–Crippen MR) is 95.7 cm³/mol. The second-order valence-electron chi connectivity index (χ2n) is 6.27. The molecule has 0 radical (unpaired) electrons. The van der Waals surface area contributed by atoms with Gasteiger partial charge in [-0.1, -0.05) is 36.4 Å². The maximum Gasteiger partial charge on any atom is 0.340 e. The maximum atomic E-state index is 12.6. The summed E-state index contributed by atoms with van der Waals surface area (Å²) >= 11 is 0. The first-order valence-electron chi connectivity index (χ1n) is 8.28. The van der Waals surface area contributed by atoms with Crippen LogP contribution in [-0.4, -0.2) is 29.5 Å². The van der Waals surface area contributed by atoms with Crippen molar-refractivity contribution in [2.45, 2.75) is 19.4 Å². The van der Waals surface area contributed by atoms with Crippen LogP contribution < -0.4 is 4.90 Å². The number of nitrogens with one attached hydrogen (secondary N) is 1. The van der Waals surface area contributed by atoms with Gasteiger partial charge in [0.25, 0.3) is 5.91 Å². The van der Waals surface area contributed by atoms with E-state index in [4.69, 9.17) is 4.74 Å². The van der Waals surface area contributed by atoms with E-state index < -0.39 is 5.97 Å². The zero-order valence-electron chi connectivity index (χ0n) is 13.9. The Labute approximate surface area is 145 Å². The van der Waals surface area contributed by atoms with Gasteiger partial charge in [-0.05, 0) is 31.0 Å². The van der Waals surface area contributed by atoms with Gasteiger partial charge in [0.05, 0.1) is 5.56 Å². The number of nitrogens with zero attached hydrogens (tertiary/aromatic N) is 1. The molecule has 1 amide bonds. The standard InChI is InChI=1S/C20H18N2O3/c1-13-10-14-6-2-5-9-18(14)22(13)19(23)12-25-20(24)16-11-21-17-8-4-3-7-15(16)17/h2-9,11,13,21H,10,12H2,1H3/t13-/m1/s1. The summed E-state index contributed by atoms with van der Waals surface area (Å²) < 4.78 is 5.28. The monoisotopic (exact) mass is 334 g/mol. The van der Waals surface area contributed by atoms with Crippen LogP contribution in [0, 0.1) is 0 Å². The molecule has 1 N–H and O–H groups in total. The summed E-state index contributed by atoms with van der Waals surface area (Å²) in [7, 11) is 0. The molecule has 4 rings (SSSR count). The second-order valence-corrected chi connectivity index (χ2v) is 6.27. The fourth-order valence-electron chi connectivity index (χ4n) is 3.46. The lowest BCUT2D eigenvalue weighted by Crippen LogP contribution is -2.38. The molecule has 25 heavy (non-hydrogen) atoms. The number of ether oxygens (including phenoxy) is 1. The number of hydrogen-bond donors (Lipinski definition) is 1. The highest BCUT2D eigenvalue weighted by Crippen LogP contribution is 2.31. The van der Waals surface area contributed by atoms with Gasteiger partial charge in [-0.25, -0.2) is 4.79 Å². The van der Waals surface area contributed by atoms with E-state index in [1.807, 2.05) is 55.5 Å². The number of aromatic amines is 1. The largest absolute Gasteiger partial charge is 0.452 e. The molecule has 0 bridgehead atoms. The van der Waals surface area contributed by atoms with E-state index in [1.165, 1.54) is 0 Å². The number of rotatable bonds is 3. The molecule has 0 spiro atoms. The van der Waals surface area contributed by atoms with E-state index in [0.717, 1.165) is 28.6 Å². The van der Waals surface area contributed by atoms with Gasteiger partial charge in [0.2, 0.25) is 0 Å². The van der Waals surface area contributed by atoms with Crippen LogP contribution in [0.3, 0.4) is 0 Å².